The number of nitrogens with zero attached hydrogens (tertiary/aromatic N) is 2. The molecule has 6 aromatic carbocycles. The summed E-state index contributed by atoms with van der Waals surface area (Å²) in [5, 5.41) is 8.82. The van der Waals surface area contributed by atoms with Crippen molar-refractivity contribution >= 4 is 75.0 Å². The van der Waals surface area contributed by atoms with E-state index in [2.05, 4.69) is 126 Å². The van der Waals surface area contributed by atoms with Crippen LogP contribution in [-0.2, 0) is 0 Å². The van der Waals surface area contributed by atoms with Crippen LogP contribution in [0.3, 0.4) is 0 Å². The van der Waals surface area contributed by atoms with Crippen LogP contribution in [-0.4, -0.2) is 9.55 Å². The molecule has 9 rings (SSSR count). The average Bonchev–Trinajstić information content (AvgIpc) is 3.58. The zero-order valence-corrected chi connectivity index (χ0v) is 22.3. The minimum Gasteiger partial charge on any atom is -0.309 e. The van der Waals surface area contributed by atoms with Crippen molar-refractivity contribution in [2.75, 3.05) is 0 Å². The highest BCUT2D eigenvalue weighted by molar-refractivity contribution is 7.26. The molecule has 0 bridgehead atoms. The Balaban J connectivity index is 1.33. The molecule has 0 fully saturated rings. The van der Waals surface area contributed by atoms with E-state index in [-0.39, 0.29) is 0 Å². The van der Waals surface area contributed by atoms with Crippen LogP contribution >= 0.6 is 11.3 Å². The fourth-order valence-corrected chi connectivity index (χ4v) is 7.76. The molecule has 0 saturated heterocycles. The first kappa shape index (κ1) is 21.9. The summed E-state index contributed by atoms with van der Waals surface area (Å²) in [6.45, 7) is 0. The molecule has 3 heterocycles. The largest absolute Gasteiger partial charge is 0.309 e. The highest BCUT2D eigenvalue weighted by Crippen LogP contribution is 2.43. The van der Waals surface area contributed by atoms with Crippen molar-refractivity contribution in [3.8, 4) is 16.8 Å². The van der Waals surface area contributed by atoms with E-state index in [0.717, 1.165) is 11.2 Å². The maximum atomic E-state index is 4.85. The van der Waals surface area contributed by atoms with Crippen molar-refractivity contribution in [2.24, 2.45) is 0 Å². The van der Waals surface area contributed by atoms with Gasteiger partial charge in [-0.2, -0.15) is 0 Å². The molecule has 9 aromatic rings. The fourth-order valence-electron chi connectivity index (χ4n) is 6.52. The molecular formula is C37H22N2S. The smallest absolute Gasteiger partial charge is 0.0801 e. The summed E-state index contributed by atoms with van der Waals surface area (Å²) in [5.74, 6) is 0. The zero-order valence-electron chi connectivity index (χ0n) is 21.5. The van der Waals surface area contributed by atoms with E-state index in [1.807, 2.05) is 23.6 Å². The van der Waals surface area contributed by atoms with Crippen LogP contribution in [0, 0.1) is 0 Å². The minimum absolute atomic E-state index is 1.04. The van der Waals surface area contributed by atoms with Crippen molar-refractivity contribution in [3.63, 3.8) is 0 Å². The van der Waals surface area contributed by atoms with Gasteiger partial charge < -0.3 is 4.57 Å². The number of fused-ring (bicyclic) bond motifs is 11. The normalized spacial score (nSPS) is 12.0. The number of hydrogen-bond acceptors (Lipinski definition) is 2. The van der Waals surface area contributed by atoms with E-state index in [0.29, 0.717) is 0 Å². The van der Waals surface area contributed by atoms with Gasteiger partial charge in [0.25, 0.3) is 0 Å². The Morgan fingerprint density at radius 2 is 1.23 bits per heavy atom. The van der Waals surface area contributed by atoms with Crippen LogP contribution in [0.5, 0.6) is 0 Å². The van der Waals surface area contributed by atoms with Crippen LogP contribution in [0.15, 0.2) is 134 Å². The zero-order chi connectivity index (χ0) is 26.2. The molecule has 186 valence electrons. The highest BCUT2D eigenvalue weighted by atomic mass is 32.1. The van der Waals surface area contributed by atoms with E-state index in [1.54, 1.807) is 0 Å². The number of rotatable bonds is 2. The molecule has 0 aliphatic rings. The summed E-state index contributed by atoms with van der Waals surface area (Å²) in [5.41, 5.74) is 7.13. The monoisotopic (exact) mass is 526 g/mol. The SMILES string of the molecule is c1ccc2c(c1)sc1c(-c3ccc(-n4c5ccccc5c5c6ccccc6c6ncccc6c54)cc3)cccc12. The van der Waals surface area contributed by atoms with Gasteiger partial charge in [-0.3, -0.25) is 4.98 Å². The number of thiophene rings is 1. The molecule has 0 amide bonds. The summed E-state index contributed by atoms with van der Waals surface area (Å²) < 4.78 is 5.10. The highest BCUT2D eigenvalue weighted by Gasteiger charge is 2.19. The summed E-state index contributed by atoms with van der Waals surface area (Å²) >= 11 is 1.88. The molecule has 0 N–H and O–H groups in total. The van der Waals surface area contributed by atoms with Crippen LogP contribution in [0.25, 0.3) is 80.5 Å². The van der Waals surface area contributed by atoms with Crippen LogP contribution in [0.2, 0.25) is 0 Å². The van der Waals surface area contributed by atoms with E-state index < -0.39 is 0 Å². The summed E-state index contributed by atoms with van der Waals surface area (Å²) in [7, 11) is 0. The molecule has 3 aromatic heterocycles. The first-order valence-corrected chi connectivity index (χ1v) is 14.4. The Bertz CT molecular complexity index is 2430. The fraction of sp³-hybridized carbons (Fsp3) is 0. The molecule has 40 heavy (non-hydrogen) atoms. The molecule has 0 unspecified atom stereocenters. The Morgan fingerprint density at radius 3 is 2.10 bits per heavy atom. The standard InChI is InChI=1S/C37H22N2S/c1-2-11-28-27(10-1)34-30-12-3-5-16-32(30)39(36(34)31-15-8-22-38-35(28)31)24-20-18-23(19-21-24)25-13-7-14-29-26-9-4-6-17-33(26)40-37(25)29/h1-22H. The third kappa shape index (κ3) is 2.95. The van der Waals surface area contributed by atoms with Gasteiger partial charge in [0, 0.05) is 53.6 Å². The second-order valence-corrected chi connectivity index (χ2v) is 11.4. The van der Waals surface area contributed by atoms with Gasteiger partial charge in [0.1, 0.15) is 0 Å². The van der Waals surface area contributed by atoms with E-state index in [4.69, 9.17) is 4.98 Å². The predicted molar refractivity (Wildman–Crippen MR) is 172 cm³/mol. The van der Waals surface area contributed by atoms with Crippen molar-refractivity contribution < 1.29 is 0 Å². The molecule has 0 aliphatic carbocycles. The Labute approximate surface area is 234 Å². The van der Waals surface area contributed by atoms with Crippen molar-refractivity contribution in [3.05, 3.63) is 134 Å². The number of para-hydroxylation sites is 1. The first-order valence-electron chi connectivity index (χ1n) is 13.6. The van der Waals surface area contributed by atoms with Gasteiger partial charge in [0.15, 0.2) is 0 Å². The van der Waals surface area contributed by atoms with E-state index in [1.165, 1.54) is 69.3 Å². The van der Waals surface area contributed by atoms with Crippen molar-refractivity contribution in [2.45, 2.75) is 0 Å². The quantitative estimate of drug-likeness (QED) is 0.205. The van der Waals surface area contributed by atoms with Gasteiger partial charge in [-0.25, -0.2) is 0 Å². The molecule has 0 aliphatic heterocycles. The van der Waals surface area contributed by atoms with Gasteiger partial charge in [-0.1, -0.05) is 91.0 Å². The van der Waals surface area contributed by atoms with Crippen molar-refractivity contribution in [1.82, 2.24) is 9.55 Å². The van der Waals surface area contributed by atoms with Gasteiger partial charge in [0.05, 0.1) is 16.6 Å². The lowest BCUT2D eigenvalue weighted by Gasteiger charge is -2.12. The molecular weight excluding hydrogens is 504 g/mol. The molecule has 2 nitrogen and oxygen atoms in total. The Morgan fingerprint density at radius 1 is 0.525 bits per heavy atom. The molecule has 0 saturated carbocycles. The van der Waals surface area contributed by atoms with Crippen LogP contribution in [0.4, 0.5) is 0 Å². The number of benzene rings is 6. The van der Waals surface area contributed by atoms with Gasteiger partial charge in [-0.15, -0.1) is 11.3 Å². The molecule has 0 atom stereocenters. The third-order valence-electron chi connectivity index (χ3n) is 8.23. The Hall–Kier alpha value is -4.99. The lowest BCUT2D eigenvalue weighted by Crippen LogP contribution is -1.95. The maximum Gasteiger partial charge on any atom is 0.0801 e. The topological polar surface area (TPSA) is 17.8 Å². The maximum absolute atomic E-state index is 4.85. The molecule has 3 heteroatoms. The number of pyridine rings is 1. The van der Waals surface area contributed by atoms with Crippen LogP contribution in [0.1, 0.15) is 0 Å². The second-order valence-electron chi connectivity index (χ2n) is 10.3. The van der Waals surface area contributed by atoms with Crippen LogP contribution < -0.4 is 0 Å². The number of aromatic nitrogens is 2. The molecule has 0 radical (unpaired) electrons. The first-order chi connectivity index (χ1) is 19.9. The van der Waals surface area contributed by atoms with Crippen molar-refractivity contribution in [1.29, 1.82) is 0 Å². The summed E-state index contributed by atoms with van der Waals surface area (Å²) in [6, 6.07) is 46.2. The second kappa shape index (κ2) is 8.25. The van der Waals surface area contributed by atoms with Gasteiger partial charge in [-0.05, 0) is 52.9 Å². The predicted octanol–water partition coefficient (Wildman–Crippen LogP) is 10.5. The summed E-state index contributed by atoms with van der Waals surface area (Å²) in [6.07, 6.45) is 1.90. The third-order valence-corrected chi connectivity index (χ3v) is 9.45. The lowest BCUT2D eigenvalue weighted by molar-refractivity contribution is 1.19. The minimum atomic E-state index is 1.04. The lowest BCUT2D eigenvalue weighted by atomic mass is 9.99. The average molecular weight is 527 g/mol. The van der Waals surface area contributed by atoms with E-state index >= 15 is 0 Å². The van der Waals surface area contributed by atoms with E-state index in [9.17, 15) is 0 Å². The Kier molecular flexibility index (Phi) is 4.52. The molecule has 0 spiro atoms. The summed E-state index contributed by atoms with van der Waals surface area (Å²) in [4.78, 5) is 4.85. The van der Waals surface area contributed by atoms with Gasteiger partial charge >= 0.3 is 0 Å². The van der Waals surface area contributed by atoms with Gasteiger partial charge in [0.2, 0.25) is 0 Å². The number of hydrogen-bond donors (Lipinski definition) is 0.